The molecule has 0 rings (SSSR count). The molecule has 2 heteroatoms. The third-order valence-corrected chi connectivity index (χ3v) is 1.02. The molecule has 0 aromatic heterocycles. The Morgan fingerprint density at radius 2 is 2.00 bits per heavy atom. The molecule has 2 nitrogen and oxygen atoms in total. The minimum Gasteiger partial charge on any atom is -0.259 e. The lowest BCUT2D eigenvalue weighted by atomic mass is 10.2. The Morgan fingerprint density at radius 3 is 2.12 bits per heavy atom. The summed E-state index contributed by atoms with van der Waals surface area (Å²) in [6.07, 6.45) is 0. The Kier molecular flexibility index (Phi) is 3.83. The fraction of sp³-hybridized carbons (Fsp3) is 1.00. The lowest BCUT2D eigenvalue weighted by molar-refractivity contribution is 0.231. The smallest absolute Gasteiger partial charge is 0.0150 e. The van der Waals surface area contributed by atoms with Crippen LogP contribution in [0.2, 0.25) is 0 Å². The molecular formula is C6H16N2. The zero-order chi connectivity index (χ0) is 6.57. The molecule has 0 unspecified atom stereocenters. The maximum atomic E-state index is 3.03. The molecule has 0 aromatic carbocycles. The molecule has 50 valence electrons. The van der Waals surface area contributed by atoms with Crippen molar-refractivity contribution in [2.45, 2.75) is 13.8 Å². The highest BCUT2D eigenvalue weighted by Crippen LogP contribution is 1.90. The van der Waals surface area contributed by atoms with E-state index >= 15 is 0 Å². The van der Waals surface area contributed by atoms with Crippen LogP contribution in [0.25, 0.3) is 0 Å². The summed E-state index contributed by atoms with van der Waals surface area (Å²) in [6.45, 7) is 5.51. The van der Waals surface area contributed by atoms with E-state index in [9.17, 15) is 0 Å². The molecule has 0 aromatic rings. The first-order valence-electron chi connectivity index (χ1n) is 3.05. The molecule has 0 radical (unpaired) electrons. The molecular weight excluding hydrogens is 100 g/mol. The fourth-order valence-corrected chi connectivity index (χ4v) is 0.639. The van der Waals surface area contributed by atoms with Crippen LogP contribution in [0.5, 0.6) is 0 Å². The van der Waals surface area contributed by atoms with Gasteiger partial charge in [-0.15, -0.1) is 0 Å². The summed E-state index contributed by atoms with van der Waals surface area (Å²) in [7, 11) is 3.97. The van der Waals surface area contributed by atoms with Crippen molar-refractivity contribution in [1.29, 1.82) is 0 Å². The normalized spacial score (nSPS) is 11.2. The van der Waals surface area contributed by atoms with E-state index in [0.717, 1.165) is 12.5 Å². The number of nitrogens with one attached hydrogen (secondary N) is 1. The van der Waals surface area contributed by atoms with E-state index in [4.69, 9.17) is 0 Å². The summed E-state index contributed by atoms with van der Waals surface area (Å²) < 4.78 is 0. The van der Waals surface area contributed by atoms with Crippen LogP contribution in [0.3, 0.4) is 0 Å². The number of hydrogen-bond acceptors (Lipinski definition) is 2. The van der Waals surface area contributed by atoms with Gasteiger partial charge in [0.2, 0.25) is 0 Å². The van der Waals surface area contributed by atoms with Crippen LogP contribution in [0.4, 0.5) is 0 Å². The third kappa shape index (κ3) is 4.09. The van der Waals surface area contributed by atoms with Crippen LogP contribution in [0.15, 0.2) is 0 Å². The lowest BCUT2D eigenvalue weighted by Crippen LogP contribution is -2.33. The minimum atomic E-state index is 0.743. The second kappa shape index (κ2) is 3.87. The van der Waals surface area contributed by atoms with Gasteiger partial charge in [-0.2, -0.15) is 0 Å². The van der Waals surface area contributed by atoms with E-state index in [1.54, 1.807) is 0 Å². The SMILES string of the molecule is CNN(C)CC(C)C. The summed E-state index contributed by atoms with van der Waals surface area (Å²) in [4.78, 5) is 0. The standard InChI is InChI=1S/C6H16N2/c1-6(2)5-8(4)7-3/h6-7H,5H2,1-4H3. The van der Waals surface area contributed by atoms with Crippen LogP contribution in [-0.2, 0) is 0 Å². The van der Waals surface area contributed by atoms with Gasteiger partial charge in [0.1, 0.15) is 0 Å². The van der Waals surface area contributed by atoms with Gasteiger partial charge in [0.05, 0.1) is 0 Å². The second-order valence-corrected chi connectivity index (χ2v) is 2.50. The van der Waals surface area contributed by atoms with Crippen LogP contribution in [0.1, 0.15) is 13.8 Å². The molecule has 0 heterocycles. The van der Waals surface area contributed by atoms with Crippen LogP contribution >= 0.6 is 0 Å². The van der Waals surface area contributed by atoms with Gasteiger partial charge in [0.25, 0.3) is 0 Å². The van der Waals surface area contributed by atoms with Crippen molar-refractivity contribution < 1.29 is 0 Å². The highest BCUT2D eigenvalue weighted by molar-refractivity contribution is 4.46. The number of hydrogen-bond donors (Lipinski definition) is 1. The van der Waals surface area contributed by atoms with E-state index in [2.05, 4.69) is 24.3 Å². The predicted molar refractivity (Wildman–Crippen MR) is 36.5 cm³/mol. The van der Waals surface area contributed by atoms with E-state index in [-0.39, 0.29) is 0 Å². The molecule has 0 amide bonds. The molecule has 0 saturated heterocycles. The van der Waals surface area contributed by atoms with Crippen molar-refractivity contribution in [2.75, 3.05) is 20.6 Å². The van der Waals surface area contributed by atoms with E-state index in [0.29, 0.717) is 0 Å². The topological polar surface area (TPSA) is 15.3 Å². The van der Waals surface area contributed by atoms with Gasteiger partial charge in [-0.25, -0.2) is 5.01 Å². The highest BCUT2D eigenvalue weighted by Gasteiger charge is 1.95. The van der Waals surface area contributed by atoms with E-state index in [1.807, 2.05) is 14.1 Å². The van der Waals surface area contributed by atoms with Gasteiger partial charge in [0, 0.05) is 13.6 Å². The monoisotopic (exact) mass is 116 g/mol. The van der Waals surface area contributed by atoms with Crippen molar-refractivity contribution in [3.05, 3.63) is 0 Å². The van der Waals surface area contributed by atoms with Crippen molar-refractivity contribution in [3.8, 4) is 0 Å². The zero-order valence-electron chi connectivity index (χ0n) is 6.23. The number of hydrazine groups is 1. The maximum absolute atomic E-state index is 3.03. The molecule has 0 aliphatic rings. The summed E-state index contributed by atoms with van der Waals surface area (Å²) in [5, 5.41) is 2.07. The zero-order valence-corrected chi connectivity index (χ0v) is 6.23. The first kappa shape index (κ1) is 7.92. The van der Waals surface area contributed by atoms with Crippen LogP contribution in [0, 0.1) is 5.92 Å². The summed E-state index contributed by atoms with van der Waals surface area (Å²) >= 11 is 0. The Balaban J connectivity index is 3.10. The van der Waals surface area contributed by atoms with Crippen molar-refractivity contribution in [3.63, 3.8) is 0 Å². The average Bonchev–Trinajstić information content (AvgIpc) is 1.65. The minimum absolute atomic E-state index is 0.743. The second-order valence-electron chi connectivity index (χ2n) is 2.50. The van der Waals surface area contributed by atoms with Gasteiger partial charge in [-0.1, -0.05) is 13.8 Å². The molecule has 0 fully saturated rings. The average molecular weight is 116 g/mol. The third-order valence-electron chi connectivity index (χ3n) is 1.02. The number of nitrogens with zero attached hydrogens (tertiary/aromatic N) is 1. The first-order valence-corrected chi connectivity index (χ1v) is 3.05. The summed E-state index contributed by atoms with van der Waals surface area (Å²) in [6, 6.07) is 0. The van der Waals surface area contributed by atoms with Crippen LogP contribution in [-0.4, -0.2) is 25.6 Å². The van der Waals surface area contributed by atoms with Crippen molar-refractivity contribution in [1.82, 2.24) is 10.4 Å². The van der Waals surface area contributed by atoms with Crippen LogP contribution < -0.4 is 5.43 Å². The molecule has 0 spiro atoms. The van der Waals surface area contributed by atoms with Gasteiger partial charge >= 0.3 is 0 Å². The maximum Gasteiger partial charge on any atom is 0.0150 e. The number of rotatable bonds is 3. The van der Waals surface area contributed by atoms with Crippen molar-refractivity contribution >= 4 is 0 Å². The Bertz CT molecular complexity index is 52.5. The Hall–Kier alpha value is -0.0800. The fourth-order valence-electron chi connectivity index (χ4n) is 0.639. The molecule has 0 saturated carbocycles. The molecule has 1 N–H and O–H groups in total. The van der Waals surface area contributed by atoms with Gasteiger partial charge in [0.15, 0.2) is 0 Å². The predicted octanol–water partition coefficient (Wildman–Crippen LogP) is 0.709. The Labute approximate surface area is 51.8 Å². The molecule has 0 aliphatic heterocycles. The summed E-state index contributed by atoms with van der Waals surface area (Å²) in [5.41, 5.74) is 3.03. The lowest BCUT2D eigenvalue weighted by Gasteiger charge is -2.16. The van der Waals surface area contributed by atoms with Crippen molar-refractivity contribution in [2.24, 2.45) is 5.92 Å². The quantitative estimate of drug-likeness (QED) is 0.546. The van der Waals surface area contributed by atoms with E-state index < -0.39 is 0 Å². The van der Waals surface area contributed by atoms with Gasteiger partial charge in [-0.05, 0) is 13.0 Å². The first-order chi connectivity index (χ1) is 3.66. The van der Waals surface area contributed by atoms with Gasteiger partial charge < -0.3 is 0 Å². The molecule has 8 heavy (non-hydrogen) atoms. The van der Waals surface area contributed by atoms with Gasteiger partial charge in [-0.3, -0.25) is 5.43 Å². The largest absolute Gasteiger partial charge is 0.259 e. The highest BCUT2D eigenvalue weighted by atomic mass is 15.5. The molecule has 0 aliphatic carbocycles. The molecule has 0 atom stereocenters. The van der Waals surface area contributed by atoms with E-state index in [1.165, 1.54) is 0 Å². The Morgan fingerprint density at radius 1 is 1.50 bits per heavy atom. The summed E-state index contributed by atoms with van der Waals surface area (Å²) in [5.74, 6) is 0.743. The molecule has 0 bridgehead atoms.